The molecule has 1 spiro atoms. The summed E-state index contributed by atoms with van der Waals surface area (Å²) >= 11 is 0. The Hall–Kier alpha value is -1.39. The van der Waals surface area contributed by atoms with Crippen LogP contribution < -0.4 is 0 Å². The van der Waals surface area contributed by atoms with Crippen molar-refractivity contribution in [1.29, 1.82) is 0 Å². The normalized spacial score (nSPS) is 28.3. The number of ether oxygens (including phenoxy) is 2. The van der Waals surface area contributed by atoms with Gasteiger partial charge in [-0.2, -0.15) is 0 Å². The Bertz CT molecular complexity index is 537. The zero-order chi connectivity index (χ0) is 15.6. The number of hydrogen-bond donors (Lipinski definition) is 0. The summed E-state index contributed by atoms with van der Waals surface area (Å²) < 4.78 is 11.7. The zero-order valence-corrected chi connectivity index (χ0v) is 13.5. The minimum absolute atomic E-state index is 0.109. The third kappa shape index (κ3) is 2.90. The van der Waals surface area contributed by atoms with Gasteiger partial charge in [-0.3, -0.25) is 4.79 Å². The van der Waals surface area contributed by atoms with E-state index >= 15 is 0 Å². The molecule has 0 saturated carbocycles. The second-order valence-corrected chi connectivity index (χ2v) is 6.45. The Balaban J connectivity index is 1.70. The molecule has 2 fully saturated rings. The molecule has 3 rings (SSSR count). The molecule has 2 aliphatic heterocycles. The third-order valence-electron chi connectivity index (χ3n) is 5.08. The van der Waals surface area contributed by atoms with Crippen LogP contribution in [-0.4, -0.2) is 49.3 Å². The maximum atomic E-state index is 12.7. The number of piperidine rings is 1. The summed E-state index contributed by atoms with van der Waals surface area (Å²) in [7, 11) is 1.75. The Kier molecular flexibility index (Phi) is 4.50. The van der Waals surface area contributed by atoms with Crippen LogP contribution in [0, 0.1) is 6.92 Å². The van der Waals surface area contributed by atoms with Crippen LogP contribution in [-0.2, 0) is 20.7 Å². The lowest BCUT2D eigenvalue weighted by Crippen LogP contribution is -2.58. The van der Waals surface area contributed by atoms with Crippen molar-refractivity contribution in [3.8, 4) is 0 Å². The molecule has 1 aromatic rings. The van der Waals surface area contributed by atoms with Crippen molar-refractivity contribution >= 4 is 5.91 Å². The lowest BCUT2D eigenvalue weighted by atomic mass is 9.86. The Morgan fingerprint density at radius 1 is 1.45 bits per heavy atom. The fourth-order valence-electron chi connectivity index (χ4n) is 3.77. The van der Waals surface area contributed by atoms with Crippen LogP contribution in [0.4, 0.5) is 0 Å². The highest BCUT2D eigenvalue weighted by Crippen LogP contribution is 2.36. The minimum atomic E-state index is -0.283. The molecular weight excluding hydrogens is 278 g/mol. The lowest BCUT2D eigenvalue weighted by Gasteiger charge is -2.44. The number of amides is 1. The molecule has 0 unspecified atom stereocenters. The fourth-order valence-corrected chi connectivity index (χ4v) is 3.77. The number of carbonyl (C=O) groups is 1. The predicted octanol–water partition coefficient (Wildman–Crippen LogP) is 2.33. The van der Waals surface area contributed by atoms with E-state index in [2.05, 4.69) is 13.0 Å². The van der Waals surface area contributed by atoms with E-state index in [0.29, 0.717) is 13.0 Å². The molecule has 2 heterocycles. The number of benzene rings is 1. The maximum Gasteiger partial charge on any atom is 0.227 e. The molecular formula is C18H25NO3. The predicted molar refractivity (Wildman–Crippen MR) is 84.8 cm³/mol. The molecule has 0 radical (unpaired) electrons. The van der Waals surface area contributed by atoms with Gasteiger partial charge in [0.25, 0.3) is 0 Å². The van der Waals surface area contributed by atoms with Gasteiger partial charge in [-0.25, -0.2) is 0 Å². The van der Waals surface area contributed by atoms with E-state index in [1.165, 1.54) is 5.56 Å². The largest absolute Gasteiger partial charge is 0.378 e. The number of aryl methyl sites for hydroxylation is 1. The molecule has 0 aromatic heterocycles. The van der Waals surface area contributed by atoms with Gasteiger partial charge in [-0.15, -0.1) is 0 Å². The van der Waals surface area contributed by atoms with Crippen LogP contribution >= 0.6 is 0 Å². The van der Waals surface area contributed by atoms with Gasteiger partial charge in [0.15, 0.2) is 0 Å². The standard InChI is InChI=1S/C18H25NO3/c1-14-6-3-4-7-15(14)12-17(20)19-10-8-16(21-2)18(13-19)9-5-11-22-18/h3-4,6-7,16H,5,8-13H2,1-2H3/t16-,18-/m0/s1. The van der Waals surface area contributed by atoms with Gasteiger partial charge in [0.05, 0.1) is 19.1 Å². The number of hydrogen-bond acceptors (Lipinski definition) is 3. The highest BCUT2D eigenvalue weighted by Gasteiger charge is 2.48. The van der Waals surface area contributed by atoms with Gasteiger partial charge in [-0.1, -0.05) is 24.3 Å². The average molecular weight is 303 g/mol. The van der Waals surface area contributed by atoms with Gasteiger partial charge in [0, 0.05) is 20.3 Å². The number of likely N-dealkylation sites (tertiary alicyclic amines) is 1. The van der Waals surface area contributed by atoms with Crippen LogP contribution in [0.25, 0.3) is 0 Å². The van der Waals surface area contributed by atoms with Crippen LogP contribution in [0.15, 0.2) is 24.3 Å². The SMILES string of the molecule is CO[C@H]1CCN(C(=O)Cc2ccccc2C)C[C@@]12CCCO2. The number of nitrogens with zero attached hydrogens (tertiary/aromatic N) is 1. The highest BCUT2D eigenvalue weighted by molar-refractivity contribution is 5.79. The van der Waals surface area contributed by atoms with Gasteiger partial charge in [0.1, 0.15) is 5.60 Å². The van der Waals surface area contributed by atoms with Crippen molar-refractivity contribution < 1.29 is 14.3 Å². The smallest absolute Gasteiger partial charge is 0.227 e. The average Bonchev–Trinajstić information content (AvgIpc) is 2.98. The Labute approximate surface area is 132 Å². The quantitative estimate of drug-likeness (QED) is 0.860. The van der Waals surface area contributed by atoms with Gasteiger partial charge >= 0.3 is 0 Å². The highest BCUT2D eigenvalue weighted by atomic mass is 16.6. The summed E-state index contributed by atoms with van der Waals surface area (Å²) in [6.07, 6.45) is 3.48. The first-order valence-corrected chi connectivity index (χ1v) is 8.14. The Morgan fingerprint density at radius 2 is 2.27 bits per heavy atom. The summed E-state index contributed by atoms with van der Waals surface area (Å²) in [6.45, 7) is 4.26. The first kappa shape index (κ1) is 15.5. The van der Waals surface area contributed by atoms with E-state index in [1.54, 1.807) is 7.11 Å². The number of rotatable bonds is 3. The molecule has 1 amide bonds. The summed E-state index contributed by atoms with van der Waals surface area (Å²) in [4.78, 5) is 14.6. The van der Waals surface area contributed by atoms with Crippen LogP contribution in [0.5, 0.6) is 0 Å². The van der Waals surface area contributed by atoms with Gasteiger partial charge < -0.3 is 14.4 Å². The van der Waals surface area contributed by atoms with Crippen LogP contribution in [0.3, 0.4) is 0 Å². The molecule has 2 aliphatic rings. The van der Waals surface area contributed by atoms with Crippen molar-refractivity contribution in [2.45, 2.75) is 44.3 Å². The van der Waals surface area contributed by atoms with E-state index in [0.717, 1.165) is 38.0 Å². The summed E-state index contributed by atoms with van der Waals surface area (Å²) in [6, 6.07) is 8.10. The van der Waals surface area contributed by atoms with Gasteiger partial charge in [-0.05, 0) is 37.3 Å². The topological polar surface area (TPSA) is 38.8 Å². The molecule has 22 heavy (non-hydrogen) atoms. The van der Waals surface area contributed by atoms with Crippen LogP contribution in [0.1, 0.15) is 30.4 Å². The molecule has 120 valence electrons. The summed E-state index contributed by atoms with van der Waals surface area (Å²) in [5.74, 6) is 0.193. The van der Waals surface area contributed by atoms with Crippen molar-refractivity contribution in [2.75, 3.05) is 26.8 Å². The molecule has 4 heteroatoms. The molecule has 0 bridgehead atoms. The van der Waals surface area contributed by atoms with E-state index in [9.17, 15) is 4.79 Å². The number of methoxy groups -OCH3 is 1. The molecule has 4 nitrogen and oxygen atoms in total. The van der Waals surface area contributed by atoms with E-state index in [-0.39, 0.29) is 17.6 Å². The molecule has 2 atom stereocenters. The first-order valence-electron chi connectivity index (χ1n) is 8.14. The van der Waals surface area contributed by atoms with Crippen molar-refractivity contribution in [1.82, 2.24) is 4.90 Å². The maximum absolute atomic E-state index is 12.7. The summed E-state index contributed by atoms with van der Waals surface area (Å²) in [5.41, 5.74) is 2.01. The fraction of sp³-hybridized carbons (Fsp3) is 0.611. The van der Waals surface area contributed by atoms with E-state index in [4.69, 9.17) is 9.47 Å². The first-order chi connectivity index (χ1) is 10.6. The van der Waals surface area contributed by atoms with Crippen molar-refractivity contribution in [3.63, 3.8) is 0 Å². The molecule has 0 N–H and O–H groups in total. The summed E-state index contributed by atoms with van der Waals surface area (Å²) in [5, 5.41) is 0. The third-order valence-corrected chi connectivity index (χ3v) is 5.08. The van der Waals surface area contributed by atoms with E-state index in [1.807, 2.05) is 23.1 Å². The number of carbonyl (C=O) groups excluding carboxylic acids is 1. The second kappa shape index (κ2) is 6.39. The lowest BCUT2D eigenvalue weighted by molar-refractivity contribution is -0.160. The van der Waals surface area contributed by atoms with Crippen molar-refractivity contribution in [3.05, 3.63) is 35.4 Å². The molecule has 1 aromatic carbocycles. The van der Waals surface area contributed by atoms with Crippen molar-refractivity contribution in [2.24, 2.45) is 0 Å². The van der Waals surface area contributed by atoms with Gasteiger partial charge in [0.2, 0.25) is 5.91 Å². The van der Waals surface area contributed by atoms with E-state index < -0.39 is 0 Å². The second-order valence-electron chi connectivity index (χ2n) is 6.45. The van der Waals surface area contributed by atoms with Crippen LogP contribution in [0.2, 0.25) is 0 Å². The molecule has 0 aliphatic carbocycles. The Morgan fingerprint density at radius 3 is 2.95 bits per heavy atom. The minimum Gasteiger partial charge on any atom is -0.378 e. The molecule has 2 saturated heterocycles. The zero-order valence-electron chi connectivity index (χ0n) is 13.5. The monoisotopic (exact) mass is 303 g/mol.